The molecule has 0 fully saturated rings. The van der Waals surface area contributed by atoms with Crippen molar-refractivity contribution in [3.63, 3.8) is 0 Å². The second kappa shape index (κ2) is 7.07. The molecule has 1 N–H and O–H groups in total. The maximum Gasteiger partial charge on any atom is 0.129 e. The van der Waals surface area contributed by atoms with Crippen LogP contribution in [0.4, 0.5) is 4.39 Å². The molecule has 2 aromatic rings. The molecule has 0 amide bonds. The van der Waals surface area contributed by atoms with Crippen LogP contribution in [-0.2, 0) is 11.3 Å². The molecule has 0 saturated carbocycles. The van der Waals surface area contributed by atoms with Crippen molar-refractivity contribution in [3.8, 4) is 5.75 Å². The first-order valence-electron chi connectivity index (χ1n) is 6.32. The van der Waals surface area contributed by atoms with Gasteiger partial charge in [-0.2, -0.15) is 0 Å². The van der Waals surface area contributed by atoms with E-state index in [-0.39, 0.29) is 19.0 Å². The van der Waals surface area contributed by atoms with E-state index in [0.29, 0.717) is 23.7 Å². The maximum atomic E-state index is 13.3. The Hall–Kier alpha value is -1.85. The number of ether oxygens (including phenoxy) is 2. The Morgan fingerprint density at radius 3 is 2.85 bits per heavy atom. The summed E-state index contributed by atoms with van der Waals surface area (Å²) in [5.41, 5.74) is 0.555. The van der Waals surface area contributed by atoms with Crippen LogP contribution in [0.3, 0.4) is 0 Å². The van der Waals surface area contributed by atoms with Crippen molar-refractivity contribution in [1.29, 1.82) is 0 Å². The molecule has 20 heavy (non-hydrogen) atoms. The summed E-state index contributed by atoms with van der Waals surface area (Å²) in [6.45, 7) is 2.13. The molecule has 1 heterocycles. The van der Waals surface area contributed by atoms with Gasteiger partial charge in [0.15, 0.2) is 0 Å². The second-order valence-corrected chi connectivity index (χ2v) is 4.47. The maximum absolute atomic E-state index is 13.3. The smallest absolute Gasteiger partial charge is 0.129 e. The largest absolute Gasteiger partial charge is 0.491 e. The first-order chi connectivity index (χ1) is 9.65. The molecule has 0 aliphatic carbocycles. The average molecular weight is 280 g/mol. The van der Waals surface area contributed by atoms with Crippen molar-refractivity contribution in [2.24, 2.45) is 0 Å². The van der Waals surface area contributed by atoms with E-state index in [1.165, 1.54) is 6.07 Å². The molecular formula is C15H17FO4. The number of hydrogen-bond donors (Lipinski definition) is 1. The Labute approximate surface area is 116 Å². The minimum absolute atomic E-state index is 0.0423. The molecule has 4 nitrogen and oxygen atoms in total. The summed E-state index contributed by atoms with van der Waals surface area (Å²) in [6, 6.07) is 8.15. The van der Waals surface area contributed by atoms with E-state index in [9.17, 15) is 9.50 Å². The highest BCUT2D eigenvalue weighted by Gasteiger charge is 2.07. The average Bonchev–Trinajstić information content (AvgIpc) is 2.93. The summed E-state index contributed by atoms with van der Waals surface area (Å²) in [7, 11) is 0. The van der Waals surface area contributed by atoms with Gasteiger partial charge in [0, 0.05) is 6.07 Å². The number of hydrogen-bond acceptors (Lipinski definition) is 4. The lowest BCUT2D eigenvalue weighted by atomic mass is 10.2. The zero-order valence-corrected chi connectivity index (χ0v) is 11.2. The van der Waals surface area contributed by atoms with Crippen molar-refractivity contribution in [3.05, 3.63) is 53.7 Å². The first-order valence-corrected chi connectivity index (χ1v) is 6.32. The number of rotatable bonds is 7. The standard InChI is InChI=1S/C15H17FO4/c1-11-4-5-13(7-15(11)16)20-9-12(17)8-18-10-14-3-2-6-19-14/h2-7,12,17H,8-10H2,1H3/t12-/m1/s1. The molecule has 1 aromatic heterocycles. The third-order valence-electron chi connectivity index (χ3n) is 2.72. The van der Waals surface area contributed by atoms with Crippen molar-refractivity contribution in [2.45, 2.75) is 19.6 Å². The Balaban J connectivity index is 1.69. The number of benzene rings is 1. The Bertz CT molecular complexity index is 525. The first kappa shape index (κ1) is 14.6. The van der Waals surface area contributed by atoms with Gasteiger partial charge in [-0.15, -0.1) is 0 Å². The molecular weight excluding hydrogens is 263 g/mol. The Kier molecular flexibility index (Phi) is 5.15. The molecule has 5 heteroatoms. The molecule has 1 atom stereocenters. The fraction of sp³-hybridized carbons (Fsp3) is 0.333. The summed E-state index contributed by atoms with van der Waals surface area (Å²) in [4.78, 5) is 0. The van der Waals surface area contributed by atoms with Gasteiger partial charge in [-0.25, -0.2) is 4.39 Å². The molecule has 0 aliphatic heterocycles. The van der Waals surface area contributed by atoms with E-state index in [4.69, 9.17) is 13.9 Å². The van der Waals surface area contributed by atoms with Gasteiger partial charge in [0.25, 0.3) is 0 Å². The van der Waals surface area contributed by atoms with Crippen LogP contribution >= 0.6 is 0 Å². The zero-order valence-electron chi connectivity index (χ0n) is 11.2. The molecule has 108 valence electrons. The number of halogens is 1. The predicted molar refractivity (Wildman–Crippen MR) is 71.0 cm³/mol. The fourth-order valence-corrected chi connectivity index (χ4v) is 1.59. The summed E-state index contributed by atoms with van der Waals surface area (Å²) in [6.07, 6.45) is 0.777. The zero-order chi connectivity index (χ0) is 14.4. The van der Waals surface area contributed by atoms with Crippen LogP contribution in [0.2, 0.25) is 0 Å². The number of aryl methyl sites for hydroxylation is 1. The van der Waals surface area contributed by atoms with E-state index >= 15 is 0 Å². The highest BCUT2D eigenvalue weighted by Crippen LogP contribution is 2.16. The van der Waals surface area contributed by atoms with Crippen LogP contribution in [0.1, 0.15) is 11.3 Å². The van der Waals surface area contributed by atoms with E-state index < -0.39 is 6.10 Å². The van der Waals surface area contributed by atoms with Crippen LogP contribution < -0.4 is 4.74 Å². The van der Waals surface area contributed by atoms with Crippen LogP contribution in [0, 0.1) is 12.7 Å². The highest BCUT2D eigenvalue weighted by molar-refractivity contribution is 5.27. The highest BCUT2D eigenvalue weighted by atomic mass is 19.1. The van der Waals surface area contributed by atoms with Crippen molar-refractivity contribution in [2.75, 3.05) is 13.2 Å². The third-order valence-corrected chi connectivity index (χ3v) is 2.72. The molecule has 2 rings (SSSR count). The molecule has 1 aromatic carbocycles. The third kappa shape index (κ3) is 4.36. The lowest BCUT2D eigenvalue weighted by molar-refractivity contribution is 0.000830. The van der Waals surface area contributed by atoms with E-state index in [1.807, 2.05) is 0 Å². The van der Waals surface area contributed by atoms with Gasteiger partial charge >= 0.3 is 0 Å². The van der Waals surface area contributed by atoms with Gasteiger partial charge in [0.2, 0.25) is 0 Å². The van der Waals surface area contributed by atoms with Crippen LogP contribution in [0.25, 0.3) is 0 Å². The van der Waals surface area contributed by atoms with Crippen molar-refractivity contribution >= 4 is 0 Å². The van der Waals surface area contributed by atoms with Gasteiger partial charge in [-0.05, 0) is 30.7 Å². The normalized spacial score (nSPS) is 12.3. The van der Waals surface area contributed by atoms with Crippen LogP contribution in [-0.4, -0.2) is 24.4 Å². The van der Waals surface area contributed by atoms with Crippen LogP contribution in [0.5, 0.6) is 5.75 Å². The molecule has 0 aliphatic rings. The minimum Gasteiger partial charge on any atom is -0.491 e. The second-order valence-electron chi connectivity index (χ2n) is 4.47. The lowest BCUT2D eigenvalue weighted by Gasteiger charge is -2.12. The molecule has 0 bridgehead atoms. The van der Waals surface area contributed by atoms with Gasteiger partial charge in [-0.1, -0.05) is 6.07 Å². The summed E-state index contributed by atoms with van der Waals surface area (Å²) < 4.78 is 28.9. The van der Waals surface area contributed by atoms with Gasteiger partial charge in [0.1, 0.15) is 36.6 Å². The quantitative estimate of drug-likeness (QED) is 0.847. The number of furan rings is 1. The molecule has 0 unspecified atom stereocenters. The topological polar surface area (TPSA) is 51.8 Å². The van der Waals surface area contributed by atoms with Gasteiger partial charge in [0.05, 0.1) is 12.9 Å². The van der Waals surface area contributed by atoms with Crippen molar-refractivity contribution in [1.82, 2.24) is 0 Å². The van der Waals surface area contributed by atoms with Gasteiger partial charge in [-0.3, -0.25) is 0 Å². The molecule has 0 radical (unpaired) electrons. The Morgan fingerprint density at radius 2 is 2.15 bits per heavy atom. The monoisotopic (exact) mass is 280 g/mol. The van der Waals surface area contributed by atoms with E-state index in [0.717, 1.165) is 0 Å². The molecule has 0 spiro atoms. The number of aliphatic hydroxyl groups is 1. The van der Waals surface area contributed by atoms with E-state index in [1.54, 1.807) is 37.5 Å². The van der Waals surface area contributed by atoms with E-state index in [2.05, 4.69) is 0 Å². The van der Waals surface area contributed by atoms with Crippen LogP contribution in [0.15, 0.2) is 41.0 Å². The fourth-order valence-electron chi connectivity index (χ4n) is 1.59. The summed E-state index contributed by atoms with van der Waals surface area (Å²) in [5.74, 6) is 0.753. The Morgan fingerprint density at radius 1 is 1.30 bits per heavy atom. The SMILES string of the molecule is Cc1ccc(OC[C@H](O)COCc2ccco2)cc1F. The molecule has 0 saturated heterocycles. The minimum atomic E-state index is -0.783. The predicted octanol–water partition coefficient (Wildman–Crippen LogP) is 2.68. The van der Waals surface area contributed by atoms with Gasteiger partial charge < -0.3 is 19.0 Å². The summed E-state index contributed by atoms with van der Waals surface area (Å²) >= 11 is 0. The summed E-state index contributed by atoms with van der Waals surface area (Å²) in [5, 5.41) is 9.69. The van der Waals surface area contributed by atoms with Crippen molar-refractivity contribution < 1.29 is 23.4 Å². The number of aliphatic hydroxyl groups excluding tert-OH is 1. The lowest BCUT2D eigenvalue weighted by Crippen LogP contribution is -2.23.